The molecule has 2 aromatic rings. The van der Waals surface area contributed by atoms with Gasteiger partial charge in [-0.3, -0.25) is 0 Å². The molecule has 1 aliphatic rings. The van der Waals surface area contributed by atoms with Gasteiger partial charge in [-0.1, -0.05) is 6.92 Å². The summed E-state index contributed by atoms with van der Waals surface area (Å²) in [7, 11) is -2.32. The topological polar surface area (TPSA) is 119 Å². The fraction of sp³-hybridized carbons (Fsp3) is 0.583. The SMILES string of the molecule is C[C@@]1(COP(O)O)CCC(n2cnc3c(N)nc(Cl)nc32)C1. The van der Waals surface area contributed by atoms with Gasteiger partial charge in [0.15, 0.2) is 11.5 Å². The maximum absolute atomic E-state index is 8.92. The van der Waals surface area contributed by atoms with E-state index < -0.39 is 8.60 Å². The Morgan fingerprint density at radius 2 is 2.32 bits per heavy atom. The number of anilines is 1. The van der Waals surface area contributed by atoms with E-state index in [2.05, 4.69) is 21.9 Å². The smallest absolute Gasteiger partial charge is 0.327 e. The van der Waals surface area contributed by atoms with Gasteiger partial charge in [-0.2, -0.15) is 9.97 Å². The number of hydrogen-bond acceptors (Lipinski definition) is 7. The van der Waals surface area contributed by atoms with E-state index in [9.17, 15) is 0 Å². The lowest BCUT2D eigenvalue weighted by Gasteiger charge is -2.24. The zero-order chi connectivity index (χ0) is 15.9. The Kier molecular flexibility index (Phi) is 4.22. The normalized spacial score (nSPS) is 25.4. The monoisotopic (exact) mass is 345 g/mol. The predicted octanol–water partition coefficient (Wildman–Crippen LogP) is 2.02. The first-order chi connectivity index (χ1) is 10.4. The maximum atomic E-state index is 8.92. The van der Waals surface area contributed by atoms with Crippen LogP contribution in [0.5, 0.6) is 0 Å². The molecule has 0 amide bonds. The van der Waals surface area contributed by atoms with Gasteiger partial charge in [0.25, 0.3) is 0 Å². The number of imidazole rings is 1. The molecular formula is C12H17ClN5O3P. The quantitative estimate of drug-likeness (QED) is 0.572. The van der Waals surface area contributed by atoms with Gasteiger partial charge in [0.2, 0.25) is 5.28 Å². The van der Waals surface area contributed by atoms with Crippen molar-refractivity contribution < 1.29 is 14.3 Å². The Bertz CT molecular complexity index is 697. The average Bonchev–Trinajstić information content (AvgIpc) is 3.01. The lowest BCUT2D eigenvalue weighted by molar-refractivity contribution is 0.145. The zero-order valence-electron chi connectivity index (χ0n) is 12.0. The van der Waals surface area contributed by atoms with Crippen LogP contribution < -0.4 is 5.73 Å². The van der Waals surface area contributed by atoms with E-state index in [1.807, 2.05) is 4.57 Å². The van der Waals surface area contributed by atoms with E-state index in [0.29, 0.717) is 17.8 Å². The van der Waals surface area contributed by atoms with Crippen molar-refractivity contribution in [1.82, 2.24) is 19.5 Å². The molecule has 0 aliphatic heterocycles. The summed E-state index contributed by atoms with van der Waals surface area (Å²) in [5.41, 5.74) is 6.87. The fourth-order valence-corrected chi connectivity index (χ4v) is 3.65. The van der Waals surface area contributed by atoms with Crippen LogP contribution in [0.15, 0.2) is 6.33 Å². The Balaban J connectivity index is 1.84. The highest BCUT2D eigenvalue weighted by Crippen LogP contribution is 2.46. The molecule has 0 aromatic carbocycles. The van der Waals surface area contributed by atoms with Crippen LogP contribution in [0.2, 0.25) is 5.28 Å². The van der Waals surface area contributed by atoms with Gasteiger partial charge in [-0.05, 0) is 36.3 Å². The molecule has 2 aromatic heterocycles. The molecule has 120 valence electrons. The summed E-state index contributed by atoms with van der Waals surface area (Å²) in [6.07, 6.45) is 4.36. The molecule has 22 heavy (non-hydrogen) atoms. The van der Waals surface area contributed by atoms with Crippen molar-refractivity contribution in [2.75, 3.05) is 12.3 Å². The van der Waals surface area contributed by atoms with Gasteiger partial charge < -0.3 is 24.6 Å². The molecule has 1 saturated carbocycles. The molecule has 3 rings (SSSR count). The van der Waals surface area contributed by atoms with Crippen molar-refractivity contribution in [3.63, 3.8) is 0 Å². The Morgan fingerprint density at radius 3 is 3.05 bits per heavy atom. The van der Waals surface area contributed by atoms with Crippen LogP contribution in [-0.4, -0.2) is 35.9 Å². The standard InChI is InChI=1S/C12H17ClN5O3P/c1-12(5-21-22(19)20)3-2-7(4-12)18-6-15-8-9(14)16-11(13)17-10(8)18/h6-7,19-20H,2-5H2,1H3,(H2,14,16,17)/t7?,12-/m1/s1. The van der Waals surface area contributed by atoms with Crippen LogP contribution in [0, 0.1) is 5.41 Å². The molecule has 0 saturated heterocycles. The minimum absolute atomic E-state index is 0.0991. The molecular weight excluding hydrogens is 329 g/mol. The predicted molar refractivity (Wildman–Crippen MR) is 83.1 cm³/mol. The number of aromatic nitrogens is 4. The third-order valence-electron chi connectivity index (χ3n) is 4.15. The summed E-state index contributed by atoms with van der Waals surface area (Å²) in [5, 5.41) is 0.0991. The second kappa shape index (κ2) is 5.86. The number of nitrogens with zero attached hydrogens (tertiary/aromatic N) is 4. The zero-order valence-corrected chi connectivity index (χ0v) is 13.6. The highest BCUT2D eigenvalue weighted by Gasteiger charge is 2.37. The summed E-state index contributed by atoms with van der Waals surface area (Å²) in [6, 6.07) is 0.188. The van der Waals surface area contributed by atoms with Gasteiger partial charge in [0.1, 0.15) is 5.52 Å². The Labute approximate surface area is 133 Å². The first-order valence-corrected chi connectivity index (χ1v) is 8.39. The van der Waals surface area contributed by atoms with Gasteiger partial charge in [0.05, 0.1) is 12.9 Å². The number of nitrogens with two attached hydrogens (primary N) is 1. The lowest BCUT2D eigenvalue weighted by Crippen LogP contribution is -2.19. The minimum atomic E-state index is -2.32. The molecule has 10 heteroatoms. The summed E-state index contributed by atoms with van der Waals surface area (Å²) < 4.78 is 6.97. The molecule has 4 N–H and O–H groups in total. The van der Waals surface area contributed by atoms with Crippen LogP contribution in [-0.2, 0) is 4.52 Å². The summed E-state index contributed by atoms with van der Waals surface area (Å²) in [6.45, 7) is 2.38. The van der Waals surface area contributed by atoms with Crippen molar-refractivity contribution >= 4 is 37.2 Å². The maximum Gasteiger partial charge on any atom is 0.327 e. The number of rotatable bonds is 4. The van der Waals surface area contributed by atoms with E-state index in [4.69, 9.17) is 31.6 Å². The second-order valence-electron chi connectivity index (χ2n) is 5.94. The van der Waals surface area contributed by atoms with Crippen LogP contribution in [0.25, 0.3) is 11.2 Å². The average molecular weight is 346 g/mol. The van der Waals surface area contributed by atoms with E-state index in [-0.39, 0.29) is 22.6 Å². The first kappa shape index (κ1) is 15.8. The Morgan fingerprint density at radius 1 is 1.55 bits per heavy atom. The number of hydrogen-bond donors (Lipinski definition) is 3. The summed E-state index contributed by atoms with van der Waals surface area (Å²) in [4.78, 5) is 30.2. The van der Waals surface area contributed by atoms with E-state index in [1.54, 1.807) is 6.33 Å². The van der Waals surface area contributed by atoms with Crippen LogP contribution in [0.3, 0.4) is 0 Å². The number of fused-ring (bicyclic) bond motifs is 1. The molecule has 0 radical (unpaired) electrons. The minimum Gasteiger partial charge on any atom is -0.382 e. The highest BCUT2D eigenvalue weighted by atomic mass is 35.5. The third-order valence-corrected chi connectivity index (χ3v) is 4.68. The van der Waals surface area contributed by atoms with Crippen molar-refractivity contribution in [1.29, 1.82) is 0 Å². The number of nitrogen functional groups attached to an aromatic ring is 1. The van der Waals surface area contributed by atoms with Crippen molar-refractivity contribution in [3.8, 4) is 0 Å². The highest BCUT2D eigenvalue weighted by molar-refractivity contribution is 7.39. The van der Waals surface area contributed by atoms with Gasteiger partial charge in [-0.25, -0.2) is 4.98 Å². The molecule has 8 nitrogen and oxygen atoms in total. The van der Waals surface area contributed by atoms with Gasteiger partial charge in [-0.15, -0.1) is 0 Å². The molecule has 0 spiro atoms. The summed E-state index contributed by atoms with van der Waals surface area (Å²) >= 11 is 5.88. The molecule has 2 atom stereocenters. The molecule has 2 heterocycles. The van der Waals surface area contributed by atoms with Gasteiger partial charge >= 0.3 is 8.60 Å². The Hall–Kier alpha value is -1.05. The lowest BCUT2D eigenvalue weighted by atomic mass is 9.90. The molecule has 1 aliphatic carbocycles. The van der Waals surface area contributed by atoms with Crippen molar-refractivity contribution in [2.24, 2.45) is 5.41 Å². The third kappa shape index (κ3) is 3.02. The van der Waals surface area contributed by atoms with Crippen LogP contribution in [0.4, 0.5) is 5.82 Å². The van der Waals surface area contributed by atoms with E-state index >= 15 is 0 Å². The molecule has 1 fully saturated rings. The first-order valence-electron chi connectivity index (χ1n) is 6.84. The molecule has 0 bridgehead atoms. The molecule has 1 unspecified atom stereocenters. The van der Waals surface area contributed by atoms with Crippen molar-refractivity contribution in [3.05, 3.63) is 11.6 Å². The second-order valence-corrected chi connectivity index (χ2v) is 7.04. The van der Waals surface area contributed by atoms with Crippen molar-refractivity contribution in [2.45, 2.75) is 32.2 Å². The summed E-state index contributed by atoms with van der Waals surface area (Å²) in [5.74, 6) is 0.268. The van der Waals surface area contributed by atoms with E-state index in [1.165, 1.54) is 0 Å². The van der Waals surface area contributed by atoms with Gasteiger partial charge in [0, 0.05) is 6.04 Å². The van der Waals surface area contributed by atoms with Crippen LogP contribution in [0.1, 0.15) is 32.2 Å². The fourth-order valence-electron chi connectivity index (χ4n) is 3.05. The number of halogens is 1. The van der Waals surface area contributed by atoms with E-state index in [0.717, 1.165) is 19.3 Å². The largest absolute Gasteiger partial charge is 0.382 e. The van der Waals surface area contributed by atoms with Crippen LogP contribution >= 0.6 is 20.2 Å².